The highest BCUT2D eigenvalue weighted by Crippen LogP contribution is 2.28. The van der Waals surface area contributed by atoms with Gasteiger partial charge >= 0.3 is 0 Å². The first-order valence-corrected chi connectivity index (χ1v) is 6.84. The van der Waals surface area contributed by atoms with E-state index in [4.69, 9.17) is 5.73 Å². The second-order valence-electron chi connectivity index (χ2n) is 5.73. The molecule has 1 fully saturated rings. The second kappa shape index (κ2) is 5.61. The third kappa shape index (κ3) is 3.70. The van der Waals surface area contributed by atoms with Crippen LogP contribution in [0.5, 0.6) is 5.75 Å². The minimum absolute atomic E-state index is 0.0797. The number of carbonyl (C=O) groups excluding carboxylic acids is 1. The molecule has 0 aromatic heterocycles. The molecule has 0 heterocycles. The van der Waals surface area contributed by atoms with Gasteiger partial charge in [0.2, 0.25) is 5.91 Å². The van der Waals surface area contributed by atoms with Crippen LogP contribution in [0.1, 0.15) is 38.2 Å². The van der Waals surface area contributed by atoms with Gasteiger partial charge in [-0.05, 0) is 43.9 Å². The normalized spacial score (nSPS) is 19.1. The van der Waals surface area contributed by atoms with Crippen LogP contribution in [-0.4, -0.2) is 22.6 Å². The first-order valence-electron chi connectivity index (χ1n) is 6.84. The third-order valence-electron chi connectivity index (χ3n) is 3.86. The number of nitrogens with one attached hydrogen (secondary N) is 1. The Balaban J connectivity index is 1.90. The molecule has 4 nitrogen and oxygen atoms in total. The van der Waals surface area contributed by atoms with Gasteiger partial charge in [-0.25, -0.2) is 0 Å². The fourth-order valence-corrected chi connectivity index (χ4v) is 2.65. The van der Waals surface area contributed by atoms with E-state index in [1.165, 1.54) is 12.8 Å². The lowest BCUT2D eigenvalue weighted by Crippen LogP contribution is -2.51. The smallest absolute Gasteiger partial charge is 0.237 e. The molecular formula is C15H22N2O2. The molecule has 1 amide bonds. The fraction of sp³-hybridized carbons (Fsp3) is 0.533. The summed E-state index contributed by atoms with van der Waals surface area (Å²) in [7, 11) is 0. The third-order valence-corrected chi connectivity index (χ3v) is 3.86. The quantitative estimate of drug-likeness (QED) is 0.773. The van der Waals surface area contributed by atoms with Crippen molar-refractivity contribution >= 4 is 5.91 Å². The number of benzene rings is 1. The second-order valence-corrected chi connectivity index (χ2v) is 5.73. The van der Waals surface area contributed by atoms with Crippen LogP contribution in [0.25, 0.3) is 0 Å². The minimum atomic E-state index is -0.540. The van der Waals surface area contributed by atoms with Gasteiger partial charge in [-0.1, -0.05) is 25.0 Å². The Labute approximate surface area is 114 Å². The largest absolute Gasteiger partial charge is 0.508 e. The van der Waals surface area contributed by atoms with E-state index in [0.29, 0.717) is 6.42 Å². The zero-order chi connectivity index (χ0) is 13.9. The molecule has 1 saturated carbocycles. The van der Waals surface area contributed by atoms with Gasteiger partial charge in [0.25, 0.3) is 0 Å². The number of hydrogen-bond acceptors (Lipinski definition) is 3. The van der Waals surface area contributed by atoms with E-state index in [1.54, 1.807) is 24.3 Å². The highest BCUT2D eigenvalue weighted by molar-refractivity contribution is 5.82. The van der Waals surface area contributed by atoms with Crippen molar-refractivity contribution in [2.75, 3.05) is 0 Å². The molecule has 0 bridgehead atoms. The molecule has 1 aliphatic carbocycles. The summed E-state index contributed by atoms with van der Waals surface area (Å²) >= 11 is 0. The summed E-state index contributed by atoms with van der Waals surface area (Å²) in [5.74, 6) is 0.137. The number of phenols is 1. The summed E-state index contributed by atoms with van der Waals surface area (Å²) in [6.45, 7) is 2.09. The van der Waals surface area contributed by atoms with Crippen molar-refractivity contribution in [3.05, 3.63) is 29.8 Å². The van der Waals surface area contributed by atoms with Crippen LogP contribution >= 0.6 is 0 Å². The molecule has 1 aliphatic rings. The van der Waals surface area contributed by atoms with Crippen LogP contribution in [-0.2, 0) is 11.2 Å². The minimum Gasteiger partial charge on any atom is -0.508 e. The standard InChI is InChI=1S/C15H22N2O2/c1-15(8-2-3-9-15)17-14(19)13(16)10-11-4-6-12(18)7-5-11/h4-7,13,18H,2-3,8-10,16H2,1H3,(H,17,19)/t13-/m1/s1. The average Bonchev–Trinajstić information content (AvgIpc) is 2.78. The molecule has 4 N–H and O–H groups in total. The van der Waals surface area contributed by atoms with Crippen LogP contribution in [0, 0.1) is 0 Å². The maximum absolute atomic E-state index is 12.1. The Hall–Kier alpha value is -1.55. The van der Waals surface area contributed by atoms with E-state index in [9.17, 15) is 9.90 Å². The number of aromatic hydroxyl groups is 1. The Morgan fingerprint density at radius 1 is 1.37 bits per heavy atom. The molecule has 1 atom stereocenters. The molecule has 1 aromatic rings. The predicted octanol–water partition coefficient (Wildman–Crippen LogP) is 1.71. The maximum Gasteiger partial charge on any atom is 0.237 e. The number of amides is 1. The Morgan fingerprint density at radius 3 is 2.53 bits per heavy atom. The zero-order valence-electron chi connectivity index (χ0n) is 11.4. The summed E-state index contributed by atoms with van der Waals surface area (Å²) in [6.07, 6.45) is 4.89. The van der Waals surface area contributed by atoms with Gasteiger partial charge in [0.15, 0.2) is 0 Å². The van der Waals surface area contributed by atoms with Gasteiger partial charge in [0, 0.05) is 5.54 Å². The van der Waals surface area contributed by atoms with Crippen molar-refractivity contribution in [2.24, 2.45) is 5.73 Å². The Kier molecular flexibility index (Phi) is 4.10. The van der Waals surface area contributed by atoms with Crippen molar-refractivity contribution in [2.45, 2.75) is 50.6 Å². The number of nitrogens with two attached hydrogens (primary N) is 1. The molecule has 0 saturated heterocycles. The molecule has 0 aliphatic heterocycles. The van der Waals surface area contributed by atoms with Gasteiger partial charge < -0.3 is 16.2 Å². The molecular weight excluding hydrogens is 240 g/mol. The van der Waals surface area contributed by atoms with Crippen molar-refractivity contribution in [3.8, 4) is 5.75 Å². The van der Waals surface area contributed by atoms with E-state index in [1.807, 2.05) is 0 Å². The van der Waals surface area contributed by atoms with E-state index in [0.717, 1.165) is 18.4 Å². The maximum atomic E-state index is 12.1. The summed E-state index contributed by atoms with van der Waals surface area (Å²) in [4.78, 5) is 12.1. The number of rotatable bonds is 4. The first-order chi connectivity index (χ1) is 8.98. The Morgan fingerprint density at radius 2 is 1.95 bits per heavy atom. The Bertz CT molecular complexity index is 436. The van der Waals surface area contributed by atoms with Crippen molar-refractivity contribution < 1.29 is 9.90 Å². The van der Waals surface area contributed by atoms with Crippen LogP contribution < -0.4 is 11.1 Å². The summed E-state index contributed by atoms with van der Waals surface area (Å²) in [5.41, 5.74) is 6.83. The number of carbonyl (C=O) groups is 1. The van der Waals surface area contributed by atoms with Crippen LogP contribution in [0.3, 0.4) is 0 Å². The highest BCUT2D eigenvalue weighted by atomic mass is 16.3. The number of phenolic OH excluding ortho intramolecular Hbond substituents is 1. The van der Waals surface area contributed by atoms with Crippen LogP contribution in [0.15, 0.2) is 24.3 Å². The number of hydrogen-bond donors (Lipinski definition) is 3. The summed E-state index contributed by atoms with van der Waals surface area (Å²) in [5, 5.41) is 12.3. The van der Waals surface area contributed by atoms with Crippen LogP contribution in [0.2, 0.25) is 0 Å². The molecule has 0 spiro atoms. The van der Waals surface area contributed by atoms with Crippen molar-refractivity contribution in [1.82, 2.24) is 5.32 Å². The molecule has 19 heavy (non-hydrogen) atoms. The first kappa shape index (κ1) is 13.9. The van der Waals surface area contributed by atoms with E-state index < -0.39 is 6.04 Å². The lowest BCUT2D eigenvalue weighted by Gasteiger charge is -2.27. The molecule has 4 heteroatoms. The van der Waals surface area contributed by atoms with Gasteiger partial charge in [-0.2, -0.15) is 0 Å². The fourth-order valence-electron chi connectivity index (χ4n) is 2.65. The van der Waals surface area contributed by atoms with Crippen molar-refractivity contribution in [3.63, 3.8) is 0 Å². The topological polar surface area (TPSA) is 75.4 Å². The van der Waals surface area contributed by atoms with Crippen LogP contribution in [0.4, 0.5) is 0 Å². The van der Waals surface area contributed by atoms with Gasteiger partial charge in [-0.15, -0.1) is 0 Å². The lowest BCUT2D eigenvalue weighted by atomic mass is 9.99. The lowest BCUT2D eigenvalue weighted by molar-refractivity contribution is -0.124. The summed E-state index contributed by atoms with van der Waals surface area (Å²) < 4.78 is 0. The zero-order valence-corrected chi connectivity index (χ0v) is 11.4. The SMILES string of the molecule is CC1(NC(=O)[C@H](N)Cc2ccc(O)cc2)CCCC1. The van der Waals surface area contributed by atoms with Crippen molar-refractivity contribution in [1.29, 1.82) is 0 Å². The predicted molar refractivity (Wildman–Crippen MR) is 74.8 cm³/mol. The van der Waals surface area contributed by atoms with Gasteiger partial charge in [0.05, 0.1) is 6.04 Å². The van der Waals surface area contributed by atoms with E-state index in [2.05, 4.69) is 12.2 Å². The molecule has 0 radical (unpaired) electrons. The molecule has 1 aromatic carbocycles. The molecule has 0 unspecified atom stereocenters. The van der Waals surface area contributed by atoms with E-state index >= 15 is 0 Å². The summed E-state index contributed by atoms with van der Waals surface area (Å²) in [6, 6.07) is 6.26. The molecule has 2 rings (SSSR count). The highest BCUT2D eigenvalue weighted by Gasteiger charge is 2.31. The monoisotopic (exact) mass is 262 g/mol. The average molecular weight is 262 g/mol. The van der Waals surface area contributed by atoms with E-state index in [-0.39, 0.29) is 17.2 Å². The van der Waals surface area contributed by atoms with Gasteiger partial charge in [-0.3, -0.25) is 4.79 Å². The molecule has 104 valence electrons. The van der Waals surface area contributed by atoms with Gasteiger partial charge in [0.1, 0.15) is 5.75 Å².